The minimum absolute atomic E-state index is 0.00363. The monoisotopic (exact) mass is 364 g/mol. The predicted octanol–water partition coefficient (Wildman–Crippen LogP) is 3.70. The van der Waals surface area contributed by atoms with E-state index in [2.05, 4.69) is 14.9 Å². The molecule has 3 heterocycles. The van der Waals surface area contributed by atoms with Crippen molar-refractivity contribution in [1.29, 1.82) is 0 Å². The van der Waals surface area contributed by atoms with Crippen molar-refractivity contribution in [3.63, 3.8) is 0 Å². The highest BCUT2D eigenvalue weighted by Gasteiger charge is 2.26. The van der Waals surface area contributed by atoms with Gasteiger partial charge in [-0.05, 0) is 37.6 Å². The fraction of sp³-hybridized carbons (Fsp3) is 0.286. The molecule has 0 spiro atoms. The van der Waals surface area contributed by atoms with Gasteiger partial charge in [-0.25, -0.2) is 9.37 Å². The Balaban J connectivity index is 1.67. The standard InChI is InChI=1S/C21H21FN4O/c22-17-8-2-1-6-16(17)14-26-11-4-3-9-19(26)18-12-20(27)25-21(24-18)15-7-5-10-23-13-15/h1-2,5-8,10,12-13,19H,3-4,9,11,14H2,(H,24,25,27). The molecule has 1 unspecified atom stereocenters. The quantitative estimate of drug-likeness (QED) is 0.767. The molecule has 0 saturated carbocycles. The van der Waals surface area contributed by atoms with Gasteiger partial charge in [0.05, 0.1) is 11.7 Å². The van der Waals surface area contributed by atoms with E-state index in [0.717, 1.165) is 37.1 Å². The van der Waals surface area contributed by atoms with Gasteiger partial charge < -0.3 is 4.98 Å². The Morgan fingerprint density at radius 2 is 2.07 bits per heavy atom. The Bertz CT molecular complexity index is 973. The van der Waals surface area contributed by atoms with Gasteiger partial charge in [-0.3, -0.25) is 14.7 Å². The van der Waals surface area contributed by atoms with E-state index < -0.39 is 0 Å². The number of piperidine rings is 1. The molecule has 0 bridgehead atoms. The summed E-state index contributed by atoms with van der Waals surface area (Å²) in [4.78, 5) is 26.1. The van der Waals surface area contributed by atoms with E-state index in [-0.39, 0.29) is 17.4 Å². The van der Waals surface area contributed by atoms with Crippen molar-refractivity contribution >= 4 is 0 Å². The molecule has 0 amide bonds. The first kappa shape index (κ1) is 17.5. The van der Waals surface area contributed by atoms with Crippen LogP contribution in [0.3, 0.4) is 0 Å². The van der Waals surface area contributed by atoms with Crippen molar-refractivity contribution in [2.24, 2.45) is 0 Å². The number of rotatable bonds is 4. The molecule has 0 radical (unpaired) electrons. The molecule has 1 aromatic carbocycles. The van der Waals surface area contributed by atoms with Crippen LogP contribution in [0.4, 0.5) is 4.39 Å². The molecule has 27 heavy (non-hydrogen) atoms. The van der Waals surface area contributed by atoms with Crippen LogP contribution in [0.1, 0.15) is 36.6 Å². The fourth-order valence-electron chi connectivity index (χ4n) is 3.65. The lowest BCUT2D eigenvalue weighted by Gasteiger charge is -2.35. The molecule has 3 aromatic rings. The van der Waals surface area contributed by atoms with Gasteiger partial charge >= 0.3 is 0 Å². The van der Waals surface area contributed by atoms with E-state index in [1.54, 1.807) is 24.5 Å². The highest BCUT2D eigenvalue weighted by Crippen LogP contribution is 2.31. The van der Waals surface area contributed by atoms with Gasteiger partial charge in [0.15, 0.2) is 0 Å². The topological polar surface area (TPSA) is 61.9 Å². The average Bonchev–Trinajstić information content (AvgIpc) is 2.70. The van der Waals surface area contributed by atoms with Crippen molar-refractivity contribution < 1.29 is 4.39 Å². The van der Waals surface area contributed by atoms with Gasteiger partial charge in [0.2, 0.25) is 0 Å². The maximum absolute atomic E-state index is 14.1. The lowest BCUT2D eigenvalue weighted by Crippen LogP contribution is -2.34. The summed E-state index contributed by atoms with van der Waals surface area (Å²) in [5.41, 5.74) is 1.98. The van der Waals surface area contributed by atoms with Crippen LogP contribution in [-0.4, -0.2) is 26.4 Å². The van der Waals surface area contributed by atoms with Crippen molar-refractivity contribution in [2.75, 3.05) is 6.54 Å². The van der Waals surface area contributed by atoms with Gasteiger partial charge in [-0.1, -0.05) is 24.6 Å². The first-order chi connectivity index (χ1) is 13.2. The first-order valence-corrected chi connectivity index (χ1v) is 9.20. The molecule has 0 aliphatic carbocycles. The van der Waals surface area contributed by atoms with Crippen molar-refractivity contribution in [2.45, 2.75) is 31.8 Å². The molecular weight excluding hydrogens is 343 g/mol. The van der Waals surface area contributed by atoms with Gasteiger partial charge in [0, 0.05) is 36.1 Å². The SMILES string of the molecule is O=c1cc(C2CCCCN2Cc2ccccc2F)nc(-c2cccnc2)[nH]1. The summed E-state index contributed by atoms with van der Waals surface area (Å²) in [6, 6.07) is 12.1. The summed E-state index contributed by atoms with van der Waals surface area (Å²) in [6.45, 7) is 1.36. The molecule has 1 N–H and O–H groups in total. The second-order valence-electron chi connectivity index (χ2n) is 6.83. The molecule has 1 saturated heterocycles. The van der Waals surface area contributed by atoms with Crippen LogP contribution >= 0.6 is 0 Å². The summed E-state index contributed by atoms with van der Waals surface area (Å²) in [6.07, 6.45) is 6.39. The van der Waals surface area contributed by atoms with Crippen LogP contribution in [0.2, 0.25) is 0 Å². The van der Waals surface area contributed by atoms with E-state index in [0.29, 0.717) is 17.9 Å². The van der Waals surface area contributed by atoms with Gasteiger partial charge in [0.1, 0.15) is 11.6 Å². The Morgan fingerprint density at radius 1 is 1.19 bits per heavy atom. The number of benzene rings is 1. The van der Waals surface area contributed by atoms with Crippen LogP contribution in [-0.2, 0) is 6.54 Å². The normalized spacial score (nSPS) is 17.7. The Hall–Kier alpha value is -2.86. The molecular formula is C21H21FN4O. The van der Waals surface area contributed by atoms with Gasteiger partial charge in [-0.2, -0.15) is 0 Å². The second-order valence-corrected chi connectivity index (χ2v) is 6.83. The summed E-state index contributed by atoms with van der Waals surface area (Å²) in [7, 11) is 0. The summed E-state index contributed by atoms with van der Waals surface area (Å²) in [5.74, 6) is 0.318. The molecule has 1 fully saturated rings. The second kappa shape index (κ2) is 7.80. The lowest BCUT2D eigenvalue weighted by atomic mass is 9.98. The highest BCUT2D eigenvalue weighted by molar-refractivity contribution is 5.52. The van der Waals surface area contributed by atoms with E-state index >= 15 is 0 Å². The fourth-order valence-corrected chi connectivity index (χ4v) is 3.65. The molecule has 6 heteroatoms. The number of aromatic amines is 1. The number of halogens is 1. The number of nitrogens with one attached hydrogen (secondary N) is 1. The largest absolute Gasteiger partial charge is 0.306 e. The van der Waals surface area contributed by atoms with Crippen molar-refractivity contribution in [1.82, 2.24) is 19.9 Å². The zero-order valence-corrected chi connectivity index (χ0v) is 14.9. The third kappa shape index (κ3) is 3.95. The number of H-pyrrole nitrogens is 1. The highest BCUT2D eigenvalue weighted by atomic mass is 19.1. The maximum Gasteiger partial charge on any atom is 0.251 e. The third-order valence-electron chi connectivity index (χ3n) is 4.98. The number of aromatic nitrogens is 3. The van der Waals surface area contributed by atoms with Crippen LogP contribution in [0.25, 0.3) is 11.4 Å². The molecule has 1 atom stereocenters. The first-order valence-electron chi connectivity index (χ1n) is 9.20. The van der Waals surface area contributed by atoms with Crippen molar-refractivity contribution in [3.05, 3.63) is 82.3 Å². The number of hydrogen-bond acceptors (Lipinski definition) is 4. The minimum atomic E-state index is -0.197. The number of likely N-dealkylation sites (tertiary alicyclic amines) is 1. The zero-order chi connectivity index (χ0) is 18.6. The molecule has 1 aliphatic heterocycles. The van der Waals surface area contributed by atoms with E-state index in [1.807, 2.05) is 24.3 Å². The van der Waals surface area contributed by atoms with Crippen LogP contribution < -0.4 is 5.56 Å². The molecule has 138 valence electrons. The Morgan fingerprint density at radius 3 is 2.89 bits per heavy atom. The number of nitrogens with zero attached hydrogens (tertiary/aromatic N) is 3. The number of hydrogen-bond donors (Lipinski definition) is 1. The van der Waals surface area contributed by atoms with Gasteiger partial charge in [-0.15, -0.1) is 0 Å². The van der Waals surface area contributed by atoms with Crippen molar-refractivity contribution in [3.8, 4) is 11.4 Å². The lowest BCUT2D eigenvalue weighted by molar-refractivity contribution is 0.135. The van der Waals surface area contributed by atoms with Crippen LogP contribution in [0.15, 0.2) is 59.7 Å². The minimum Gasteiger partial charge on any atom is -0.306 e. The van der Waals surface area contributed by atoms with E-state index in [4.69, 9.17) is 4.98 Å². The average molecular weight is 364 g/mol. The number of pyridine rings is 1. The smallest absolute Gasteiger partial charge is 0.251 e. The van der Waals surface area contributed by atoms with Crippen LogP contribution in [0, 0.1) is 5.82 Å². The van der Waals surface area contributed by atoms with Gasteiger partial charge in [0.25, 0.3) is 5.56 Å². The maximum atomic E-state index is 14.1. The Labute approximate surface area is 156 Å². The summed E-state index contributed by atoms with van der Waals surface area (Å²) in [5, 5.41) is 0. The van der Waals surface area contributed by atoms with Crippen LogP contribution in [0.5, 0.6) is 0 Å². The Kier molecular flexibility index (Phi) is 5.07. The molecule has 4 rings (SSSR count). The summed E-state index contributed by atoms with van der Waals surface area (Å²) < 4.78 is 14.1. The van der Waals surface area contributed by atoms with E-state index in [1.165, 1.54) is 6.07 Å². The summed E-state index contributed by atoms with van der Waals surface area (Å²) >= 11 is 0. The molecule has 5 nitrogen and oxygen atoms in total. The molecule has 1 aliphatic rings. The van der Waals surface area contributed by atoms with E-state index in [9.17, 15) is 9.18 Å². The zero-order valence-electron chi connectivity index (χ0n) is 14.9. The predicted molar refractivity (Wildman–Crippen MR) is 101 cm³/mol. The third-order valence-corrected chi connectivity index (χ3v) is 4.98. The molecule has 2 aromatic heterocycles.